The van der Waals surface area contributed by atoms with Crippen molar-refractivity contribution in [3.8, 4) is 11.5 Å². The molecule has 7 heteroatoms. The molecule has 2 aromatic rings. The van der Waals surface area contributed by atoms with Gasteiger partial charge in [0.25, 0.3) is 5.56 Å². The Morgan fingerprint density at radius 2 is 2.10 bits per heavy atom. The van der Waals surface area contributed by atoms with Gasteiger partial charge in [-0.25, -0.2) is 10.4 Å². The Labute approximate surface area is 120 Å². The summed E-state index contributed by atoms with van der Waals surface area (Å²) in [6, 6.07) is 6.95. The van der Waals surface area contributed by atoms with E-state index in [0.29, 0.717) is 30.6 Å². The zero-order valence-corrected chi connectivity index (χ0v) is 11.4. The number of anilines is 1. The van der Waals surface area contributed by atoms with Crippen molar-refractivity contribution in [2.45, 2.75) is 6.92 Å². The molecule has 2 N–H and O–H groups in total. The molecule has 1 aliphatic rings. The Bertz CT molecular complexity index is 739. The molecule has 7 nitrogen and oxygen atoms in total. The lowest BCUT2D eigenvalue weighted by molar-refractivity contribution is 0.171. The molecule has 1 aliphatic heterocycles. The molecular weight excluding hydrogens is 272 g/mol. The Hall–Kier alpha value is -2.83. The van der Waals surface area contributed by atoms with Gasteiger partial charge in [-0.2, -0.15) is 5.10 Å². The molecule has 0 saturated heterocycles. The Kier molecular flexibility index (Phi) is 3.55. The van der Waals surface area contributed by atoms with E-state index in [1.807, 2.05) is 18.2 Å². The molecule has 21 heavy (non-hydrogen) atoms. The number of fused-ring (bicyclic) bond motifs is 1. The summed E-state index contributed by atoms with van der Waals surface area (Å²) in [5.74, 6) is 1.73. The van der Waals surface area contributed by atoms with Gasteiger partial charge < -0.3 is 9.47 Å². The molecule has 0 atom stereocenters. The number of aryl methyl sites for hydroxylation is 1. The number of aromatic nitrogens is 2. The fourth-order valence-electron chi connectivity index (χ4n) is 1.94. The SMILES string of the molecule is Cc1cc(=O)[nH]c(N/N=C/c2ccc3c(c2)OCCO3)n1. The van der Waals surface area contributed by atoms with Crippen molar-refractivity contribution in [1.29, 1.82) is 0 Å². The van der Waals surface area contributed by atoms with E-state index in [1.165, 1.54) is 6.07 Å². The number of benzene rings is 1. The van der Waals surface area contributed by atoms with Gasteiger partial charge in [0.05, 0.1) is 6.21 Å². The molecule has 2 heterocycles. The number of aromatic amines is 1. The predicted molar refractivity (Wildman–Crippen MR) is 78.2 cm³/mol. The van der Waals surface area contributed by atoms with Crippen LogP contribution >= 0.6 is 0 Å². The maximum absolute atomic E-state index is 11.3. The number of H-pyrrole nitrogens is 1. The minimum atomic E-state index is -0.223. The van der Waals surface area contributed by atoms with Crippen LogP contribution in [0.2, 0.25) is 0 Å². The van der Waals surface area contributed by atoms with Gasteiger partial charge in [0.1, 0.15) is 13.2 Å². The monoisotopic (exact) mass is 286 g/mol. The molecule has 0 fully saturated rings. The average molecular weight is 286 g/mol. The van der Waals surface area contributed by atoms with E-state index in [0.717, 1.165) is 11.3 Å². The largest absolute Gasteiger partial charge is 0.486 e. The number of hydrogen-bond acceptors (Lipinski definition) is 6. The second-order valence-electron chi connectivity index (χ2n) is 4.51. The minimum Gasteiger partial charge on any atom is -0.486 e. The maximum Gasteiger partial charge on any atom is 0.252 e. The van der Waals surface area contributed by atoms with Gasteiger partial charge in [0.2, 0.25) is 5.95 Å². The van der Waals surface area contributed by atoms with Crippen LogP contribution < -0.4 is 20.5 Å². The van der Waals surface area contributed by atoms with Gasteiger partial charge in [-0.05, 0) is 30.7 Å². The van der Waals surface area contributed by atoms with Gasteiger partial charge in [0, 0.05) is 11.8 Å². The van der Waals surface area contributed by atoms with Crippen LogP contribution in [0.1, 0.15) is 11.3 Å². The van der Waals surface area contributed by atoms with E-state index < -0.39 is 0 Å². The highest BCUT2D eigenvalue weighted by Gasteiger charge is 2.10. The zero-order valence-electron chi connectivity index (χ0n) is 11.4. The van der Waals surface area contributed by atoms with Crippen LogP contribution in [0.3, 0.4) is 0 Å². The van der Waals surface area contributed by atoms with E-state index in [2.05, 4.69) is 20.5 Å². The van der Waals surface area contributed by atoms with Crippen molar-refractivity contribution < 1.29 is 9.47 Å². The predicted octanol–water partition coefficient (Wildman–Crippen LogP) is 1.30. The lowest BCUT2D eigenvalue weighted by Gasteiger charge is -2.18. The minimum absolute atomic E-state index is 0.223. The zero-order chi connectivity index (χ0) is 14.7. The Morgan fingerprint density at radius 3 is 2.90 bits per heavy atom. The van der Waals surface area contributed by atoms with Gasteiger partial charge in [-0.1, -0.05) is 0 Å². The summed E-state index contributed by atoms with van der Waals surface area (Å²) in [6.45, 7) is 2.85. The molecule has 0 bridgehead atoms. The van der Waals surface area contributed by atoms with E-state index in [1.54, 1.807) is 13.1 Å². The molecular formula is C14H14N4O3. The number of rotatable bonds is 3. The molecule has 108 valence electrons. The van der Waals surface area contributed by atoms with Crippen LogP contribution in [0.5, 0.6) is 11.5 Å². The van der Waals surface area contributed by atoms with Crippen molar-refractivity contribution in [3.05, 3.63) is 45.9 Å². The molecule has 0 radical (unpaired) electrons. The summed E-state index contributed by atoms with van der Waals surface area (Å²) in [7, 11) is 0. The first kappa shape index (κ1) is 13.2. The van der Waals surface area contributed by atoms with Crippen molar-refractivity contribution in [1.82, 2.24) is 9.97 Å². The summed E-state index contributed by atoms with van der Waals surface area (Å²) >= 11 is 0. The van der Waals surface area contributed by atoms with Crippen molar-refractivity contribution in [3.63, 3.8) is 0 Å². The van der Waals surface area contributed by atoms with Crippen LogP contribution in [0.4, 0.5) is 5.95 Å². The molecule has 0 unspecified atom stereocenters. The number of nitrogens with zero attached hydrogens (tertiary/aromatic N) is 2. The maximum atomic E-state index is 11.3. The van der Waals surface area contributed by atoms with Crippen molar-refractivity contribution in [2.75, 3.05) is 18.6 Å². The highest BCUT2D eigenvalue weighted by Crippen LogP contribution is 2.30. The molecule has 0 aliphatic carbocycles. The van der Waals surface area contributed by atoms with Gasteiger partial charge in [-0.15, -0.1) is 0 Å². The van der Waals surface area contributed by atoms with Gasteiger partial charge in [0.15, 0.2) is 11.5 Å². The van der Waals surface area contributed by atoms with E-state index in [-0.39, 0.29) is 5.56 Å². The summed E-state index contributed by atoms with van der Waals surface area (Å²) in [6.07, 6.45) is 1.61. The van der Waals surface area contributed by atoms with E-state index in [4.69, 9.17) is 9.47 Å². The van der Waals surface area contributed by atoms with E-state index in [9.17, 15) is 4.79 Å². The number of hydrogen-bond donors (Lipinski definition) is 2. The standard InChI is InChI=1S/C14H14N4O3/c1-9-6-13(19)17-14(16-9)18-15-8-10-2-3-11-12(7-10)21-5-4-20-11/h2-3,6-8H,4-5H2,1H3,(H2,16,17,18,19)/b15-8+. The molecule has 0 spiro atoms. The smallest absolute Gasteiger partial charge is 0.252 e. The summed E-state index contributed by atoms with van der Waals surface area (Å²) in [5, 5.41) is 4.04. The van der Waals surface area contributed by atoms with E-state index >= 15 is 0 Å². The van der Waals surface area contributed by atoms with Crippen molar-refractivity contribution in [2.24, 2.45) is 5.10 Å². The first-order chi connectivity index (χ1) is 10.2. The summed E-state index contributed by atoms with van der Waals surface area (Å²) in [5.41, 5.74) is 3.93. The fourth-order valence-corrected chi connectivity index (χ4v) is 1.94. The molecule has 1 aromatic carbocycles. The summed E-state index contributed by atoms with van der Waals surface area (Å²) < 4.78 is 10.9. The van der Waals surface area contributed by atoms with Crippen LogP contribution in [-0.2, 0) is 0 Å². The second kappa shape index (κ2) is 5.66. The third-order valence-corrected chi connectivity index (χ3v) is 2.82. The summed E-state index contributed by atoms with van der Waals surface area (Å²) in [4.78, 5) is 17.9. The van der Waals surface area contributed by atoms with Crippen LogP contribution in [-0.4, -0.2) is 29.4 Å². The average Bonchev–Trinajstić information content (AvgIpc) is 2.46. The molecule has 3 rings (SSSR count). The molecule has 1 aromatic heterocycles. The molecule has 0 saturated carbocycles. The Morgan fingerprint density at radius 1 is 1.29 bits per heavy atom. The quantitative estimate of drug-likeness (QED) is 0.655. The topological polar surface area (TPSA) is 88.6 Å². The van der Waals surface area contributed by atoms with Gasteiger partial charge in [-0.3, -0.25) is 9.78 Å². The first-order valence-electron chi connectivity index (χ1n) is 6.47. The highest BCUT2D eigenvalue weighted by molar-refractivity contribution is 5.81. The van der Waals surface area contributed by atoms with Crippen LogP contribution in [0, 0.1) is 6.92 Å². The Balaban J connectivity index is 1.72. The van der Waals surface area contributed by atoms with Crippen LogP contribution in [0.25, 0.3) is 0 Å². The lowest BCUT2D eigenvalue weighted by atomic mass is 10.2. The lowest BCUT2D eigenvalue weighted by Crippen LogP contribution is -2.15. The highest BCUT2D eigenvalue weighted by atomic mass is 16.6. The van der Waals surface area contributed by atoms with Crippen molar-refractivity contribution >= 4 is 12.2 Å². The van der Waals surface area contributed by atoms with Gasteiger partial charge >= 0.3 is 0 Å². The normalized spacial score (nSPS) is 13.4. The van der Waals surface area contributed by atoms with Crippen LogP contribution in [0.15, 0.2) is 34.2 Å². The molecule has 0 amide bonds. The first-order valence-corrected chi connectivity index (χ1v) is 6.47. The second-order valence-corrected chi connectivity index (χ2v) is 4.51. The number of hydrazone groups is 1. The fraction of sp³-hybridized carbons (Fsp3) is 0.214. The third kappa shape index (κ3) is 3.19. The number of ether oxygens (including phenoxy) is 2. The number of nitrogens with one attached hydrogen (secondary N) is 2. The third-order valence-electron chi connectivity index (χ3n) is 2.82.